The molecule has 0 bridgehead atoms. The zero-order chi connectivity index (χ0) is 16.2. The van der Waals surface area contributed by atoms with Crippen LogP contribution in [0.5, 0.6) is 0 Å². The highest BCUT2D eigenvalue weighted by Crippen LogP contribution is 2.24. The molecule has 23 heavy (non-hydrogen) atoms. The van der Waals surface area contributed by atoms with Gasteiger partial charge in [0, 0.05) is 24.8 Å². The minimum atomic E-state index is -0.393. The Labute approximate surface area is 134 Å². The number of aliphatic hydroxyl groups excluding tert-OH is 1. The van der Waals surface area contributed by atoms with Gasteiger partial charge >= 0.3 is 0 Å². The molecule has 1 aromatic carbocycles. The van der Waals surface area contributed by atoms with Gasteiger partial charge in [-0.3, -0.25) is 4.79 Å². The van der Waals surface area contributed by atoms with E-state index in [1.807, 2.05) is 0 Å². The summed E-state index contributed by atoms with van der Waals surface area (Å²) < 4.78 is 15.1. The minimum absolute atomic E-state index is 0.0279. The Balaban J connectivity index is 1.72. The number of carbonyl (C=O) groups excluding carboxylic acids is 1. The standard InChI is InChI=1S/C17H20FN3O2/c18-13-6-2-4-8-16(13)21-10-9-15(20-21)17(23)19-14-7-3-1-5-12(14)11-22/h2,4,6,8-10,12,14,22H,1,3,5,7,11H2,(H,19,23). The number of rotatable bonds is 4. The van der Waals surface area contributed by atoms with Gasteiger partial charge in [-0.1, -0.05) is 25.0 Å². The van der Waals surface area contributed by atoms with Crippen LogP contribution in [-0.2, 0) is 0 Å². The van der Waals surface area contributed by atoms with E-state index in [0.29, 0.717) is 5.69 Å². The molecule has 2 aromatic rings. The number of nitrogens with one attached hydrogen (secondary N) is 1. The van der Waals surface area contributed by atoms with Crippen LogP contribution in [0.15, 0.2) is 36.5 Å². The third kappa shape index (κ3) is 3.42. The Morgan fingerprint density at radius 3 is 2.87 bits per heavy atom. The molecule has 1 heterocycles. The zero-order valence-electron chi connectivity index (χ0n) is 12.8. The minimum Gasteiger partial charge on any atom is -0.396 e. The largest absolute Gasteiger partial charge is 0.396 e. The normalized spacial score (nSPS) is 21.1. The number of aromatic nitrogens is 2. The first-order chi connectivity index (χ1) is 11.2. The maximum atomic E-state index is 13.8. The van der Waals surface area contributed by atoms with E-state index in [2.05, 4.69) is 10.4 Å². The van der Waals surface area contributed by atoms with Crippen LogP contribution in [0.2, 0.25) is 0 Å². The van der Waals surface area contributed by atoms with Crippen molar-refractivity contribution in [2.24, 2.45) is 5.92 Å². The first kappa shape index (κ1) is 15.7. The van der Waals surface area contributed by atoms with Gasteiger partial charge in [-0.05, 0) is 31.0 Å². The molecule has 2 N–H and O–H groups in total. The summed E-state index contributed by atoms with van der Waals surface area (Å²) in [6.07, 6.45) is 5.48. The Bertz CT molecular complexity index is 686. The van der Waals surface area contributed by atoms with E-state index in [-0.39, 0.29) is 30.2 Å². The summed E-state index contributed by atoms with van der Waals surface area (Å²) in [5.41, 5.74) is 0.549. The van der Waals surface area contributed by atoms with Crippen LogP contribution in [0.1, 0.15) is 36.2 Å². The van der Waals surface area contributed by atoms with Crippen molar-refractivity contribution < 1.29 is 14.3 Å². The van der Waals surface area contributed by atoms with Gasteiger partial charge in [0.25, 0.3) is 5.91 Å². The SMILES string of the molecule is O=C(NC1CCCCC1CO)c1ccn(-c2ccccc2F)n1. The van der Waals surface area contributed by atoms with Gasteiger partial charge in [0.05, 0.1) is 0 Å². The molecule has 5 nitrogen and oxygen atoms in total. The lowest BCUT2D eigenvalue weighted by molar-refractivity contribution is 0.0867. The number of benzene rings is 1. The molecule has 6 heteroatoms. The summed E-state index contributed by atoms with van der Waals surface area (Å²) in [6, 6.07) is 7.82. The highest BCUT2D eigenvalue weighted by Gasteiger charge is 2.26. The highest BCUT2D eigenvalue weighted by atomic mass is 19.1. The molecule has 1 aliphatic carbocycles. The summed E-state index contributed by atoms with van der Waals surface area (Å²) in [5.74, 6) is -0.582. The van der Waals surface area contributed by atoms with Gasteiger partial charge in [0.15, 0.2) is 5.69 Å². The first-order valence-corrected chi connectivity index (χ1v) is 7.91. The van der Waals surface area contributed by atoms with Crippen LogP contribution in [0.4, 0.5) is 4.39 Å². The lowest BCUT2D eigenvalue weighted by Gasteiger charge is -2.30. The van der Waals surface area contributed by atoms with E-state index in [1.54, 1.807) is 30.5 Å². The summed E-state index contributed by atoms with van der Waals surface area (Å²) in [7, 11) is 0. The second kappa shape index (κ2) is 6.91. The number of aliphatic hydroxyl groups is 1. The van der Waals surface area contributed by atoms with E-state index < -0.39 is 5.82 Å². The van der Waals surface area contributed by atoms with Crippen LogP contribution in [-0.4, -0.2) is 33.4 Å². The fourth-order valence-corrected chi connectivity index (χ4v) is 3.08. The maximum absolute atomic E-state index is 13.8. The average Bonchev–Trinajstić information content (AvgIpc) is 3.05. The number of halogens is 1. The van der Waals surface area contributed by atoms with Gasteiger partial charge in [-0.25, -0.2) is 9.07 Å². The monoisotopic (exact) mass is 317 g/mol. The Hall–Kier alpha value is -2.21. The number of hydrogen-bond acceptors (Lipinski definition) is 3. The molecule has 0 saturated heterocycles. The number of amides is 1. The van der Waals surface area contributed by atoms with Crippen molar-refractivity contribution in [3.8, 4) is 5.69 Å². The van der Waals surface area contributed by atoms with Gasteiger partial charge in [0.2, 0.25) is 0 Å². The molecule has 0 spiro atoms. The summed E-state index contributed by atoms with van der Waals surface area (Å²) >= 11 is 0. The summed E-state index contributed by atoms with van der Waals surface area (Å²) in [6.45, 7) is 0.0780. The first-order valence-electron chi connectivity index (χ1n) is 7.91. The highest BCUT2D eigenvalue weighted by molar-refractivity contribution is 5.92. The van der Waals surface area contributed by atoms with Crippen LogP contribution < -0.4 is 5.32 Å². The van der Waals surface area contributed by atoms with E-state index in [0.717, 1.165) is 25.7 Å². The van der Waals surface area contributed by atoms with Gasteiger partial charge in [-0.15, -0.1) is 0 Å². The second-order valence-corrected chi connectivity index (χ2v) is 5.90. The molecular formula is C17H20FN3O2. The van der Waals surface area contributed by atoms with Crippen LogP contribution in [0.3, 0.4) is 0 Å². The molecule has 1 amide bonds. The Morgan fingerprint density at radius 2 is 2.09 bits per heavy atom. The number of para-hydroxylation sites is 1. The third-order valence-corrected chi connectivity index (χ3v) is 4.38. The predicted octanol–water partition coefficient (Wildman–Crippen LogP) is 2.29. The lowest BCUT2D eigenvalue weighted by atomic mass is 9.85. The van der Waals surface area contributed by atoms with Crippen molar-refractivity contribution in [3.05, 3.63) is 48.0 Å². The topological polar surface area (TPSA) is 67.2 Å². The van der Waals surface area contributed by atoms with E-state index in [4.69, 9.17) is 0 Å². The van der Waals surface area contributed by atoms with Crippen LogP contribution >= 0.6 is 0 Å². The van der Waals surface area contributed by atoms with Crippen LogP contribution in [0.25, 0.3) is 5.69 Å². The van der Waals surface area contributed by atoms with Crippen molar-refractivity contribution >= 4 is 5.91 Å². The van der Waals surface area contributed by atoms with Crippen molar-refractivity contribution in [2.75, 3.05) is 6.61 Å². The number of nitrogens with zero attached hydrogens (tertiary/aromatic N) is 2. The smallest absolute Gasteiger partial charge is 0.272 e. The third-order valence-electron chi connectivity index (χ3n) is 4.38. The predicted molar refractivity (Wildman–Crippen MR) is 83.8 cm³/mol. The fraction of sp³-hybridized carbons (Fsp3) is 0.412. The molecule has 1 fully saturated rings. The van der Waals surface area contributed by atoms with Crippen molar-refractivity contribution in [3.63, 3.8) is 0 Å². The molecule has 1 aromatic heterocycles. The zero-order valence-corrected chi connectivity index (χ0v) is 12.8. The maximum Gasteiger partial charge on any atom is 0.272 e. The fourth-order valence-electron chi connectivity index (χ4n) is 3.08. The molecular weight excluding hydrogens is 297 g/mol. The summed E-state index contributed by atoms with van der Waals surface area (Å²) in [5, 5.41) is 16.5. The van der Waals surface area contributed by atoms with Crippen molar-refractivity contribution in [1.29, 1.82) is 0 Å². The van der Waals surface area contributed by atoms with E-state index in [1.165, 1.54) is 10.7 Å². The molecule has 122 valence electrons. The average molecular weight is 317 g/mol. The van der Waals surface area contributed by atoms with E-state index >= 15 is 0 Å². The molecule has 2 unspecified atom stereocenters. The van der Waals surface area contributed by atoms with E-state index in [9.17, 15) is 14.3 Å². The van der Waals surface area contributed by atoms with Crippen molar-refractivity contribution in [2.45, 2.75) is 31.7 Å². The molecule has 0 aliphatic heterocycles. The number of carbonyl (C=O) groups is 1. The molecule has 3 rings (SSSR count). The molecule has 1 aliphatic rings. The van der Waals surface area contributed by atoms with Gasteiger partial charge in [-0.2, -0.15) is 5.10 Å². The van der Waals surface area contributed by atoms with Gasteiger partial charge in [0.1, 0.15) is 11.5 Å². The lowest BCUT2D eigenvalue weighted by Crippen LogP contribution is -2.43. The number of hydrogen-bond donors (Lipinski definition) is 2. The molecule has 1 saturated carbocycles. The second-order valence-electron chi connectivity index (χ2n) is 5.90. The molecule has 0 radical (unpaired) electrons. The van der Waals surface area contributed by atoms with Crippen LogP contribution in [0, 0.1) is 11.7 Å². The molecule has 2 atom stereocenters. The quantitative estimate of drug-likeness (QED) is 0.909. The Kier molecular flexibility index (Phi) is 4.71. The van der Waals surface area contributed by atoms with Crippen molar-refractivity contribution in [1.82, 2.24) is 15.1 Å². The summed E-state index contributed by atoms with van der Waals surface area (Å²) in [4.78, 5) is 12.3. The Morgan fingerprint density at radius 1 is 1.30 bits per heavy atom. The van der Waals surface area contributed by atoms with Gasteiger partial charge < -0.3 is 10.4 Å².